The van der Waals surface area contributed by atoms with Crippen molar-refractivity contribution in [1.82, 2.24) is 5.06 Å². The zero-order valence-electron chi connectivity index (χ0n) is 10.5. The summed E-state index contributed by atoms with van der Waals surface area (Å²) < 4.78 is 0. The van der Waals surface area contributed by atoms with E-state index in [0.717, 1.165) is 11.3 Å². The van der Waals surface area contributed by atoms with Gasteiger partial charge in [0.05, 0.1) is 24.3 Å². The van der Waals surface area contributed by atoms with Crippen LogP contribution in [0.25, 0.3) is 0 Å². The van der Waals surface area contributed by atoms with Crippen LogP contribution in [0, 0.1) is 5.41 Å². The lowest BCUT2D eigenvalue weighted by Gasteiger charge is -2.18. The summed E-state index contributed by atoms with van der Waals surface area (Å²) in [7, 11) is 0. The molecule has 6 heteroatoms. The molecule has 18 heavy (non-hydrogen) atoms. The summed E-state index contributed by atoms with van der Waals surface area (Å²) in [5, 5.41) is 1.40. The van der Waals surface area contributed by atoms with Gasteiger partial charge in [0.2, 0.25) is 0 Å². The maximum atomic E-state index is 12.0. The molecule has 1 fully saturated rings. The third-order valence-electron chi connectivity index (χ3n) is 2.87. The van der Waals surface area contributed by atoms with E-state index in [9.17, 15) is 4.79 Å². The van der Waals surface area contributed by atoms with Crippen molar-refractivity contribution >= 4 is 24.0 Å². The number of hydroxylamine groups is 2. The van der Waals surface area contributed by atoms with Gasteiger partial charge in [-0.3, -0.25) is 15.5 Å². The van der Waals surface area contributed by atoms with Crippen molar-refractivity contribution in [2.45, 2.75) is 20.4 Å². The van der Waals surface area contributed by atoms with E-state index in [1.165, 1.54) is 5.06 Å². The van der Waals surface area contributed by atoms with E-state index in [2.05, 4.69) is 5.43 Å². The first-order valence-electron chi connectivity index (χ1n) is 5.54. The van der Waals surface area contributed by atoms with Gasteiger partial charge in [0.1, 0.15) is 0 Å². The fourth-order valence-corrected chi connectivity index (χ4v) is 1.77. The Morgan fingerprint density at radius 1 is 1.44 bits per heavy atom. The van der Waals surface area contributed by atoms with Crippen molar-refractivity contribution in [1.29, 1.82) is 0 Å². The van der Waals surface area contributed by atoms with Crippen molar-refractivity contribution in [3.63, 3.8) is 0 Å². The maximum absolute atomic E-state index is 12.0. The molecule has 2 rings (SSSR count). The Hall–Kier alpha value is -1.30. The SMILES string of the molecule is CC1(C)CON(Cc2ccccc2NN)C1=O.Cl. The second-order valence-electron chi connectivity index (χ2n) is 4.80. The molecular formula is C12H18ClN3O2. The first-order chi connectivity index (χ1) is 8.04. The van der Waals surface area contributed by atoms with Crippen LogP contribution in [-0.4, -0.2) is 17.6 Å². The number of halogens is 1. The zero-order chi connectivity index (χ0) is 12.5. The molecule has 1 heterocycles. The summed E-state index contributed by atoms with van der Waals surface area (Å²) >= 11 is 0. The van der Waals surface area contributed by atoms with Crippen molar-refractivity contribution in [3.05, 3.63) is 29.8 Å². The number of hydrogen-bond donors (Lipinski definition) is 2. The average molecular weight is 272 g/mol. The Morgan fingerprint density at radius 3 is 2.67 bits per heavy atom. The van der Waals surface area contributed by atoms with Crippen LogP contribution in [-0.2, 0) is 16.2 Å². The molecule has 1 saturated heterocycles. The molecule has 3 N–H and O–H groups in total. The summed E-state index contributed by atoms with van der Waals surface area (Å²) in [6, 6.07) is 7.56. The number of hydrazine groups is 1. The third kappa shape index (κ3) is 2.75. The minimum Gasteiger partial charge on any atom is -0.324 e. The summed E-state index contributed by atoms with van der Waals surface area (Å²) in [5.41, 5.74) is 3.90. The number of amides is 1. The molecule has 5 nitrogen and oxygen atoms in total. The molecule has 0 spiro atoms. The van der Waals surface area contributed by atoms with Crippen LogP contribution in [0.2, 0.25) is 0 Å². The minimum absolute atomic E-state index is 0. The molecule has 0 bridgehead atoms. The smallest absolute Gasteiger partial charge is 0.254 e. The van der Waals surface area contributed by atoms with Crippen LogP contribution in [0.1, 0.15) is 19.4 Å². The molecule has 0 unspecified atom stereocenters. The molecule has 1 aromatic rings. The number of nitrogens with two attached hydrogens (primary N) is 1. The minimum atomic E-state index is -0.439. The number of para-hydroxylation sites is 1. The highest BCUT2D eigenvalue weighted by molar-refractivity contribution is 5.85. The van der Waals surface area contributed by atoms with E-state index in [1.807, 2.05) is 38.1 Å². The van der Waals surface area contributed by atoms with Gasteiger partial charge in [0.25, 0.3) is 5.91 Å². The molecule has 0 radical (unpaired) electrons. The van der Waals surface area contributed by atoms with Crippen LogP contribution < -0.4 is 11.3 Å². The Balaban J connectivity index is 0.00000162. The van der Waals surface area contributed by atoms with Crippen LogP contribution in [0.4, 0.5) is 5.69 Å². The summed E-state index contributed by atoms with van der Waals surface area (Å²) in [6.07, 6.45) is 0. The first kappa shape index (κ1) is 14.8. The van der Waals surface area contributed by atoms with Gasteiger partial charge in [-0.15, -0.1) is 12.4 Å². The maximum Gasteiger partial charge on any atom is 0.254 e. The average Bonchev–Trinajstić information content (AvgIpc) is 2.57. The number of anilines is 1. The number of nitrogens with zero attached hydrogens (tertiary/aromatic N) is 1. The number of carbonyl (C=O) groups is 1. The normalized spacial score (nSPS) is 17.5. The van der Waals surface area contributed by atoms with E-state index < -0.39 is 5.41 Å². The number of nitrogens with one attached hydrogen (secondary N) is 1. The Bertz CT molecular complexity index is 437. The van der Waals surface area contributed by atoms with Gasteiger partial charge in [-0.05, 0) is 25.5 Å². The van der Waals surface area contributed by atoms with E-state index in [4.69, 9.17) is 10.7 Å². The fraction of sp³-hybridized carbons (Fsp3) is 0.417. The molecule has 0 aromatic heterocycles. The highest BCUT2D eigenvalue weighted by atomic mass is 35.5. The molecule has 0 saturated carbocycles. The highest BCUT2D eigenvalue weighted by Crippen LogP contribution is 2.29. The number of hydrogen-bond acceptors (Lipinski definition) is 4. The van der Waals surface area contributed by atoms with Gasteiger partial charge < -0.3 is 5.43 Å². The zero-order valence-corrected chi connectivity index (χ0v) is 11.3. The largest absolute Gasteiger partial charge is 0.324 e. The highest BCUT2D eigenvalue weighted by Gasteiger charge is 2.40. The number of rotatable bonds is 3. The van der Waals surface area contributed by atoms with Gasteiger partial charge in [-0.25, -0.2) is 5.06 Å². The molecule has 0 atom stereocenters. The number of benzene rings is 1. The van der Waals surface area contributed by atoms with Gasteiger partial charge in [0.15, 0.2) is 0 Å². The van der Waals surface area contributed by atoms with Crippen molar-refractivity contribution < 1.29 is 9.63 Å². The Kier molecular flexibility index (Phi) is 4.56. The molecule has 0 aliphatic carbocycles. The summed E-state index contributed by atoms with van der Waals surface area (Å²) in [5.74, 6) is 5.42. The Morgan fingerprint density at radius 2 is 2.11 bits per heavy atom. The molecule has 100 valence electrons. The lowest BCUT2D eigenvalue weighted by Crippen LogP contribution is -2.30. The van der Waals surface area contributed by atoms with Gasteiger partial charge in [-0.2, -0.15) is 0 Å². The predicted molar refractivity (Wildman–Crippen MR) is 71.8 cm³/mol. The molecule has 1 aromatic carbocycles. The Labute approximate surface area is 113 Å². The van der Waals surface area contributed by atoms with Gasteiger partial charge in [0, 0.05) is 0 Å². The number of nitrogen functional groups attached to an aromatic ring is 1. The molecule has 1 aliphatic heterocycles. The van der Waals surface area contributed by atoms with E-state index >= 15 is 0 Å². The van der Waals surface area contributed by atoms with E-state index in [0.29, 0.717) is 13.2 Å². The second kappa shape index (κ2) is 5.56. The quantitative estimate of drug-likeness (QED) is 0.649. The van der Waals surface area contributed by atoms with E-state index in [1.54, 1.807) is 0 Å². The lowest BCUT2D eigenvalue weighted by molar-refractivity contribution is -0.165. The molecule has 1 amide bonds. The van der Waals surface area contributed by atoms with Crippen LogP contribution in [0.15, 0.2) is 24.3 Å². The van der Waals surface area contributed by atoms with Crippen LogP contribution >= 0.6 is 12.4 Å². The van der Waals surface area contributed by atoms with Crippen LogP contribution in [0.3, 0.4) is 0 Å². The third-order valence-corrected chi connectivity index (χ3v) is 2.87. The van der Waals surface area contributed by atoms with Crippen molar-refractivity contribution in [2.75, 3.05) is 12.0 Å². The molecular weight excluding hydrogens is 254 g/mol. The van der Waals surface area contributed by atoms with Crippen molar-refractivity contribution in [3.8, 4) is 0 Å². The molecule has 1 aliphatic rings. The number of carbonyl (C=O) groups excluding carboxylic acids is 1. The van der Waals surface area contributed by atoms with Gasteiger partial charge in [-0.1, -0.05) is 18.2 Å². The lowest BCUT2D eigenvalue weighted by atomic mass is 9.95. The second-order valence-corrected chi connectivity index (χ2v) is 4.80. The monoisotopic (exact) mass is 271 g/mol. The summed E-state index contributed by atoms with van der Waals surface area (Å²) in [4.78, 5) is 17.4. The van der Waals surface area contributed by atoms with Gasteiger partial charge >= 0.3 is 0 Å². The van der Waals surface area contributed by atoms with Crippen LogP contribution in [0.5, 0.6) is 0 Å². The first-order valence-corrected chi connectivity index (χ1v) is 5.54. The topological polar surface area (TPSA) is 67.6 Å². The van der Waals surface area contributed by atoms with Crippen molar-refractivity contribution in [2.24, 2.45) is 11.3 Å². The fourth-order valence-electron chi connectivity index (χ4n) is 1.77. The standard InChI is InChI=1S/C12H17N3O2.ClH/c1-12(2)8-17-15(11(12)16)7-9-5-3-4-6-10(9)14-13;/h3-6,14H,7-8,13H2,1-2H3;1H. The summed E-state index contributed by atoms with van der Waals surface area (Å²) in [6.45, 7) is 4.58. The predicted octanol–water partition coefficient (Wildman–Crippen LogP) is 1.69. The van der Waals surface area contributed by atoms with E-state index in [-0.39, 0.29) is 18.3 Å².